The number of carbonyl (C=O) groups is 4. The fourth-order valence-corrected chi connectivity index (χ4v) is 11.9. The van der Waals surface area contributed by atoms with E-state index >= 15 is 0 Å². The highest BCUT2D eigenvalue weighted by Gasteiger charge is 2.40. The fraction of sp³-hybridized carbons (Fsp3) is 0.692. The zero-order chi connectivity index (χ0) is 45.8. The molecule has 2 aromatic rings. The maximum Gasteiger partial charge on any atom is 0.417 e. The van der Waals surface area contributed by atoms with E-state index in [1.165, 1.54) is 60.8 Å². The normalized spacial score (nSPS) is 25.8. The third-order valence-corrected chi connectivity index (χ3v) is 15.3. The average Bonchev–Trinajstić information content (AvgIpc) is 4.01. The number of fused-ring (bicyclic) bond motifs is 2. The minimum atomic E-state index is -1.01. The molecule has 0 spiro atoms. The van der Waals surface area contributed by atoms with Gasteiger partial charge in [-0.3, -0.25) is 9.59 Å². The summed E-state index contributed by atoms with van der Waals surface area (Å²) in [5, 5.41) is 6.59. The van der Waals surface area contributed by atoms with Crippen LogP contribution < -0.4 is 20.1 Å². The molecule has 2 heterocycles. The lowest BCUT2D eigenvalue weighted by atomic mass is 9.77. The molecule has 2 N–H and O–H groups in total. The molecule has 2 aliphatic heterocycles. The Morgan fingerprint density at radius 2 is 0.939 bits per heavy atom. The van der Waals surface area contributed by atoms with Crippen molar-refractivity contribution in [3.63, 3.8) is 0 Å². The Morgan fingerprint density at radius 1 is 0.530 bits per heavy atom. The minimum absolute atomic E-state index is 0.0584. The summed E-state index contributed by atoms with van der Waals surface area (Å²) in [5.41, 5.74) is 5.07. The van der Waals surface area contributed by atoms with Crippen LogP contribution in [0.1, 0.15) is 137 Å². The maximum atomic E-state index is 13.7. The van der Waals surface area contributed by atoms with Crippen LogP contribution >= 0.6 is 0 Å². The van der Waals surface area contributed by atoms with Crippen molar-refractivity contribution in [1.82, 2.24) is 20.4 Å². The monoisotopic (exact) mass is 915 g/mol. The van der Waals surface area contributed by atoms with Crippen molar-refractivity contribution in [2.75, 3.05) is 66.7 Å². The molecule has 362 valence electrons. The summed E-state index contributed by atoms with van der Waals surface area (Å²) in [4.78, 5) is 57.6. The second-order valence-electron chi connectivity index (χ2n) is 19.4. The van der Waals surface area contributed by atoms with E-state index in [1.54, 1.807) is 14.2 Å². The molecule has 0 aromatic heterocycles. The van der Waals surface area contributed by atoms with E-state index in [-0.39, 0.29) is 49.2 Å². The summed E-state index contributed by atoms with van der Waals surface area (Å²) >= 11 is 0. The zero-order valence-corrected chi connectivity index (χ0v) is 39.4. The standard InChI is InChI=1S/C52H74N4O10/c1-61-39-21-19-35-23-27-55(49(41(35)31-39)37-11-5-3-6-12-37)47(57)33-53-25-29-63-43-15-9-17-45(43)65-51(59)52(60)66-46-18-10-16-44(46)64-30-26-54-34-48(58)56-28-24-36-20-22-40(62-2)32-42(36)50(56)38-13-7-4-8-14-38/h19-22,31-32,37-38,43-46,49-50,53-54H,3-18,23-30,33-34H2,1-2H3. The largest absolute Gasteiger partial charge is 0.497 e. The summed E-state index contributed by atoms with van der Waals surface area (Å²) in [5.74, 6) is 0.702. The van der Waals surface area contributed by atoms with Crippen molar-refractivity contribution in [3.8, 4) is 11.5 Å². The molecule has 66 heavy (non-hydrogen) atoms. The second-order valence-corrected chi connectivity index (χ2v) is 19.4. The molecule has 0 bridgehead atoms. The molecule has 6 atom stereocenters. The third kappa shape index (κ3) is 11.9. The van der Waals surface area contributed by atoms with E-state index in [1.807, 2.05) is 12.1 Å². The van der Waals surface area contributed by atoms with Gasteiger partial charge < -0.3 is 48.9 Å². The highest BCUT2D eigenvalue weighted by molar-refractivity contribution is 6.29. The number of benzene rings is 2. The molecule has 0 radical (unpaired) electrons. The summed E-state index contributed by atoms with van der Waals surface area (Å²) in [7, 11) is 3.38. The smallest absolute Gasteiger partial charge is 0.417 e. The van der Waals surface area contributed by atoms with Crippen molar-refractivity contribution in [3.05, 3.63) is 58.7 Å². The van der Waals surface area contributed by atoms with Gasteiger partial charge in [0, 0.05) is 26.2 Å². The number of amides is 2. The first-order chi connectivity index (χ1) is 32.3. The van der Waals surface area contributed by atoms with Gasteiger partial charge in [-0.2, -0.15) is 0 Å². The van der Waals surface area contributed by atoms with Gasteiger partial charge >= 0.3 is 11.9 Å². The number of esters is 2. The number of rotatable bonds is 18. The molecule has 4 fully saturated rings. The second kappa shape index (κ2) is 23.7. The predicted octanol–water partition coefficient (Wildman–Crippen LogP) is 6.56. The van der Waals surface area contributed by atoms with Gasteiger partial charge in [0.1, 0.15) is 23.7 Å². The quantitative estimate of drug-likeness (QED) is 0.0947. The number of carbonyl (C=O) groups excluding carboxylic acids is 4. The Kier molecular flexibility index (Phi) is 17.3. The lowest BCUT2D eigenvalue weighted by molar-refractivity contribution is -0.180. The van der Waals surface area contributed by atoms with Gasteiger partial charge in [0.05, 0.1) is 64.8 Å². The molecule has 2 amide bonds. The molecule has 4 aliphatic carbocycles. The highest BCUT2D eigenvalue weighted by Crippen LogP contribution is 2.45. The van der Waals surface area contributed by atoms with Gasteiger partial charge in [-0.15, -0.1) is 0 Å². The third-order valence-electron chi connectivity index (χ3n) is 15.3. The van der Waals surface area contributed by atoms with E-state index < -0.39 is 24.1 Å². The SMILES string of the molecule is COc1ccc2c(c1)C(C1CCCCC1)N(C(=O)CNCCOC1CCCC1OC(=O)C(=O)OC1CCCC1OCCNCC(=O)N1CCc3ccc(OC)cc3C1C1CCCCC1)CC2. The molecule has 6 unspecified atom stereocenters. The van der Waals surface area contributed by atoms with Crippen molar-refractivity contribution < 1.29 is 47.6 Å². The van der Waals surface area contributed by atoms with Crippen molar-refractivity contribution in [1.29, 1.82) is 0 Å². The Morgan fingerprint density at radius 3 is 1.35 bits per heavy atom. The first kappa shape index (κ1) is 48.2. The molecule has 6 aliphatic rings. The summed E-state index contributed by atoms with van der Waals surface area (Å²) < 4.78 is 34.8. The van der Waals surface area contributed by atoms with Crippen LogP contribution in [0.25, 0.3) is 0 Å². The topological polar surface area (TPSA) is 154 Å². The number of hydrogen-bond acceptors (Lipinski definition) is 12. The molecule has 14 nitrogen and oxygen atoms in total. The Hall–Kier alpha value is -4.24. The van der Waals surface area contributed by atoms with Crippen LogP contribution in [-0.2, 0) is 51.0 Å². The minimum Gasteiger partial charge on any atom is -0.497 e. The Labute approximate surface area is 391 Å². The number of hydrogen-bond donors (Lipinski definition) is 2. The van der Waals surface area contributed by atoms with Gasteiger partial charge in [-0.25, -0.2) is 9.59 Å². The van der Waals surface area contributed by atoms with Gasteiger partial charge in [0.2, 0.25) is 11.8 Å². The van der Waals surface area contributed by atoms with Crippen LogP contribution in [0.15, 0.2) is 36.4 Å². The van der Waals surface area contributed by atoms with E-state index in [2.05, 4.69) is 44.7 Å². The molecule has 4 saturated carbocycles. The number of methoxy groups -OCH3 is 2. The average molecular weight is 915 g/mol. The van der Waals surface area contributed by atoms with E-state index in [0.29, 0.717) is 76.9 Å². The summed E-state index contributed by atoms with van der Waals surface area (Å²) in [6.45, 7) is 3.47. The molecular formula is C52H74N4O10. The summed E-state index contributed by atoms with van der Waals surface area (Å²) in [6.07, 6.45) is 16.0. The number of ether oxygens (including phenoxy) is 6. The molecule has 8 rings (SSSR count). The highest BCUT2D eigenvalue weighted by atomic mass is 16.6. The van der Waals surface area contributed by atoms with Crippen LogP contribution in [0.4, 0.5) is 0 Å². The zero-order valence-electron chi connectivity index (χ0n) is 39.4. The van der Waals surface area contributed by atoms with Crippen LogP contribution in [0, 0.1) is 11.8 Å². The van der Waals surface area contributed by atoms with Gasteiger partial charge in [0.15, 0.2) is 0 Å². The van der Waals surface area contributed by atoms with Crippen LogP contribution in [0.2, 0.25) is 0 Å². The first-order valence-corrected chi connectivity index (χ1v) is 25.3. The molecule has 14 heteroatoms. The van der Waals surface area contributed by atoms with Gasteiger partial charge in [-0.1, -0.05) is 50.7 Å². The Bertz CT molecular complexity index is 1810. The summed E-state index contributed by atoms with van der Waals surface area (Å²) in [6, 6.07) is 12.7. The first-order valence-electron chi connectivity index (χ1n) is 25.3. The number of nitrogens with zero attached hydrogens (tertiary/aromatic N) is 2. The Balaban J connectivity index is 0.732. The van der Waals surface area contributed by atoms with Gasteiger partial charge in [-0.05, 0) is 135 Å². The lowest BCUT2D eigenvalue weighted by Crippen LogP contribution is -2.47. The van der Waals surface area contributed by atoms with Crippen LogP contribution in [0.5, 0.6) is 11.5 Å². The maximum absolute atomic E-state index is 13.7. The van der Waals surface area contributed by atoms with Crippen LogP contribution in [0.3, 0.4) is 0 Å². The molecular weight excluding hydrogens is 841 g/mol. The molecule has 2 aromatic carbocycles. The lowest BCUT2D eigenvalue weighted by Gasteiger charge is -2.43. The van der Waals surface area contributed by atoms with E-state index in [4.69, 9.17) is 28.4 Å². The number of nitrogens with one attached hydrogen (secondary N) is 2. The van der Waals surface area contributed by atoms with Crippen molar-refractivity contribution in [2.45, 2.75) is 152 Å². The van der Waals surface area contributed by atoms with E-state index in [9.17, 15) is 19.2 Å². The molecule has 0 saturated heterocycles. The van der Waals surface area contributed by atoms with Gasteiger partial charge in [0.25, 0.3) is 0 Å². The van der Waals surface area contributed by atoms with Crippen molar-refractivity contribution in [2.24, 2.45) is 11.8 Å². The fourth-order valence-electron chi connectivity index (χ4n) is 11.9. The van der Waals surface area contributed by atoms with E-state index in [0.717, 1.165) is 62.9 Å². The predicted molar refractivity (Wildman–Crippen MR) is 248 cm³/mol. The van der Waals surface area contributed by atoms with Crippen molar-refractivity contribution >= 4 is 23.8 Å². The van der Waals surface area contributed by atoms with Crippen LogP contribution in [-0.4, -0.2) is 125 Å².